The summed E-state index contributed by atoms with van der Waals surface area (Å²) in [6.07, 6.45) is 6.11. The molecular formula is C24H28N6O3S. The molecule has 1 fully saturated rings. The van der Waals surface area contributed by atoms with Gasteiger partial charge in [0.2, 0.25) is 11.7 Å². The lowest BCUT2D eigenvalue weighted by Crippen LogP contribution is -2.44. The number of tetrazole rings is 1. The first-order valence-corrected chi connectivity index (χ1v) is 12.7. The molecule has 3 aromatic rings. The number of aromatic nitrogens is 4. The van der Waals surface area contributed by atoms with Crippen LogP contribution in [0, 0.1) is 0 Å². The van der Waals surface area contributed by atoms with Gasteiger partial charge in [0.15, 0.2) is 0 Å². The van der Waals surface area contributed by atoms with Gasteiger partial charge in [0.1, 0.15) is 13.1 Å². The van der Waals surface area contributed by atoms with Gasteiger partial charge in [-0.05, 0) is 72.4 Å². The third-order valence-electron chi connectivity index (χ3n) is 6.29. The molecule has 0 saturated carbocycles. The van der Waals surface area contributed by atoms with Crippen molar-refractivity contribution in [2.75, 3.05) is 24.6 Å². The average molecular weight is 481 g/mol. The van der Waals surface area contributed by atoms with Crippen LogP contribution in [0.2, 0.25) is 0 Å². The van der Waals surface area contributed by atoms with E-state index in [1.807, 2.05) is 29.6 Å². The molecule has 1 aromatic carbocycles. The second-order valence-electron chi connectivity index (χ2n) is 8.66. The molecule has 0 bridgehead atoms. The molecule has 0 radical (unpaired) electrons. The lowest BCUT2D eigenvalue weighted by atomic mass is 9.90. The van der Waals surface area contributed by atoms with E-state index in [-0.39, 0.29) is 31.0 Å². The Balaban J connectivity index is 1.35. The van der Waals surface area contributed by atoms with Crippen LogP contribution in [0.15, 0.2) is 35.7 Å². The molecule has 2 aromatic heterocycles. The summed E-state index contributed by atoms with van der Waals surface area (Å²) >= 11 is 1.51. The van der Waals surface area contributed by atoms with Crippen LogP contribution in [0.25, 0.3) is 10.7 Å². The minimum absolute atomic E-state index is 0.0487. The standard InChI is InChI=1S/C24H28N6O3S/c31-22(25-14-18-8-4-12-33-18)15-29(20-10-3-7-17-6-1-2-9-19(17)20)23(32)16-30-27-24(26-28-30)21-11-5-13-34-21/h3,5,7,10-11,13,18H,1-2,4,6,8-9,12,14-16H2,(H,25,31). The Morgan fingerprint density at radius 2 is 2.09 bits per heavy atom. The molecule has 1 aliphatic heterocycles. The zero-order chi connectivity index (χ0) is 23.3. The molecule has 178 valence electrons. The number of carbonyl (C=O) groups is 2. The zero-order valence-corrected chi connectivity index (χ0v) is 19.8. The number of thiophene rings is 1. The van der Waals surface area contributed by atoms with Crippen molar-refractivity contribution in [1.82, 2.24) is 25.5 Å². The molecule has 1 saturated heterocycles. The highest BCUT2D eigenvalue weighted by Gasteiger charge is 2.26. The quantitative estimate of drug-likeness (QED) is 0.532. The van der Waals surface area contributed by atoms with Crippen molar-refractivity contribution in [2.24, 2.45) is 0 Å². The van der Waals surface area contributed by atoms with E-state index in [4.69, 9.17) is 4.74 Å². The van der Waals surface area contributed by atoms with Crippen LogP contribution in [-0.4, -0.2) is 57.8 Å². The molecule has 2 aliphatic rings. The Morgan fingerprint density at radius 1 is 1.18 bits per heavy atom. The Hall–Kier alpha value is -3.11. The van der Waals surface area contributed by atoms with Crippen molar-refractivity contribution in [1.29, 1.82) is 0 Å². The Bertz CT molecular complexity index is 1140. The number of nitrogens with one attached hydrogen (secondary N) is 1. The van der Waals surface area contributed by atoms with Gasteiger partial charge in [0.05, 0.1) is 11.0 Å². The van der Waals surface area contributed by atoms with Crippen LogP contribution in [0.4, 0.5) is 5.69 Å². The molecule has 5 rings (SSSR count). The smallest absolute Gasteiger partial charge is 0.251 e. The fraction of sp³-hybridized carbons (Fsp3) is 0.458. The number of aryl methyl sites for hydroxylation is 1. The second-order valence-corrected chi connectivity index (χ2v) is 9.61. The van der Waals surface area contributed by atoms with E-state index in [1.165, 1.54) is 21.7 Å². The number of anilines is 1. The van der Waals surface area contributed by atoms with Gasteiger partial charge in [0, 0.05) is 18.8 Å². The number of benzene rings is 1. The third kappa shape index (κ3) is 5.18. The molecule has 9 nitrogen and oxygen atoms in total. The van der Waals surface area contributed by atoms with Crippen molar-refractivity contribution >= 4 is 28.8 Å². The number of nitrogens with zero attached hydrogens (tertiary/aromatic N) is 5. The van der Waals surface area contributed by atoms with E-state index in [0.29, 0.717) is 12.4 Å². The first-order valence-electron chi connectivity index (χ1n) is 11.8. The van der Waals surface area contributed by atoms with Crippen molar-refractivity contribution in [3.8, 4) is 10.7 Å². The number of fused-ring (bicyclic) bond motifs is 1. The molecule has 1 aliphatic carbocycles. The number of amides is 2. The van der Waals surface area contributed by atoms with E-state index in [0.717, 1.165) is 61.3 Å². The molecule has 3 heterocycles. The predicted octanol–water partition coefficient (Wildman–Crippen LogP) is 2.61. The minimum Gasteiger partial charge on any atom is -0.376 e. The van der Waals surface area contributed by atoms with Gasteiger partial charge in [0.25, 0.3) is 5.91 Å². The van der Waals surface area contributed by atoms with Gasteiger partial charge < -0.3 is 15.0 Å². The van der Waals surface area contributed by atoms with E-state index < -0.39 is 0 Å². The number of ether oxygens (including phenoxy) is 1. The van der Waals surface area contributed by atoms with Crippen LogP contribution in [0.5, 0.6) is 0 Å². The summed E-state index contributed by atoms with van der Waals surface area (Å²) in [6, 6.07) is 9.84. The minimum atomic E-state index is -0.249. The molecule has 10 heteroatoms. The zero-order valence-electron chi connectivity index (χ0n) is 19.0. The maximum absolute atomic E-state index is 13.5. The SMILES string of the molecule is O=C(CN(C(=O)Cn1nnc(-c2cccs2)n1)c1cccc2c1CCCC2)NCC1CCCO1. The van der Waals surface area contributed by atoms with Gasteiger partial charge >= 0.3 is 0 Å². The molecule has 2 amide bonds. The van der Waals surface area contributed by atoms with Gasteiger partial charge in [-0.3, -0.25) is 9.59 Å². The molecule has 1 unspecified atom stereocenters. The van der Waals surface area contributed by atoms with Gasteiger partial charge in [-0.2, -0.15) is 4.80 Å². The fourth-order valence-corrected chi connectivity index (χ4v) is 5.22. The lowest BCUT2D eigenvalue weighted by molar-refractivity contribution is -0.124. The van der Waals surface area contributed by atoms with E-state index in [9.17, 15) is 9.59 Å². The van der Waals surface area contributed by atoms with E-state index in [2.05, 4.69) is 26.8 Å². The highest BCUT2D eigenvalue weighted by atomic mass is 32.1. The summed E-state index contributed by atoms with van der Waals surface area (Å²) in [4.78, 5) is 30.1. The highest BCUT2D eigenvalue weighted by Crippen LogP contribution is 2.31. The Morgan fingerprint density at radius 3 is 2.91 bits per heavy atom. The van der Waals surface area contributed by atoms with Crippen LogP contribution < -0.4 is 10.2 Å². The summed E-state index contributed by atoms with van der Waals surface area (Å²) in [7, 11) is 0. The fourth-order valence-electron chi connectivity index (χ4n) is 4.58. The summed E-state index contributed by atoms with van der Waals surface area (Å²) in [5.41, 5.74) is 3.20. The largest absolute Gasteiger partial charge is 0.376 e. The first-order chi connectivity index (χ1) is 16.7. The van der Waals surface area contributed by atoms with Gasteiger partial charge in [-0.1, -0.05) is 18.2 Å². The first kappa shape index (κ1) is 22.7. The number of hydrogen-bond donors (Lipinski definition) is 1. The van der Waals surface area contributed by atoms with Crippen molar-refractivity contribution in [3.63, 3.8) is 0 Å². The number of carbonyl (C=O) groups excluding carboxylic acids is 2. The molecule has 1 atom stereocenters. The number of hydrogen-bond acceptors (Lipinski definition) is 7. The Labute approximate surface area is 202 Å². The second kappa shape index (κ2) is 10.4. The summed E-state index contributed by atoms with van der Waals surface area (Å²) in [5, 5.41) is 17.4. The topological polar surface area (TPSA) is 102 Å². The molecular weight excluding hydrogens is 452 g/mol. The highest BCUT2D eigenvalue weighted by molar-refractivity contribution is 7.13. The van der Waals surface area contributed by atoms with Gasteiger partial charge in [-0.15, -0.1) is 21.5 Å². The maximum atomic E-state index is 13.5. The molecule has 1 N–H and O–H groups in total. The van der Waals surface area contributed by atoms with Crippen LogP contribution in [0.3, 0.4) is 0 Å². The number of rotatable bonds is 8. The summed E-state index contributed by atoms with van der Waals surface area (Å²) in [5.74, 6) is 0.0326. The normalized spacial score (nSPS) is 17.4. The van der Waals surface area contributed by atoms with Crippen molar-refractivity contribution in [2.45, 2.75) is 51.2 Å². The van der Waals surface area contributed by atoms with Gasteiger partial charge in [-0.25, -0.2) is 0 Å². The van der Waals surface area contributed by atoms with Crippen molar-refractivity contribution < 1.29 is 14.3 Å². The van der Waals surface area contributed by atoms with E-state index >= 15 is 0 Å². The van der Waals surface area contributed by atoms with Crippen molar-refractivity contribution in [3.05, 3.63) is 46.8 Å². The lowest BCUT2D eigenvalue weighted by Gasteiger charge is -2.28. The third-order valence-corrected chi connectivity index (χ3v) is 7.15. The average Bonchev–Trinajstić information content (AvgIpc) is 3.64. The summed E-state index contributed by atoms with van der Waals surface area (Å²) < 4.78 is 5.61. The van der Waals surface area contributed by atoms with Crippen LogP contribution >= 0.6 is 11.3 Å². The Kier molecular flexibility index (Phi) is 6.96. The molecule has 0 spiro atoms. The predicted molar refractivity (Wildman–Crippen MR) is 129 cm³/mol. The molecule has 34 heavy (non-hydrogen) atoms. The van der Waals surface area contributed by atoms with Crippen LogP contribution in [0.1, 0.15) is 36.8 Å². The monoisotopic (exact) mass is 480 g/mol. The maximum Gasteiger partial charge on any atom is 0.251 e. The summed E-state index contributed by atoms with van der Waals surface area (Å²) in [6.45, 7) is 1.04. The van der Waals surface area contributed by atoms with E-state index in [1.54, 1.807) is 4.90 Å². The van der Waals surface area contributed by atoms with Crippen LogP contribution in [-0.2, 0) is 33.7 Å².